The number of halogens is 3. The Morgan fingerprint density at radius 3 is 2.58 bits per heavy atom. The van der Waals surface area contributed by atoms with Crippen LogP contribution in [0, 0.1) is 5.92 Å². The van der Waals surface area contributed by atoms with Crippen LogP contribution in [0.2, 0.25) is 0 Å². The molecule has 0 aliphatic carbocycles. The number of benzene rings is 1. The number of anilines is 1. The van der Waals surface area contributed by atoms with Gasteiger partial charge >= 0.3 is 6.18 Å². The molecule has 1 aromatic rings. The molecule has 1 unspecified atom stereocenters. The topological polar surface area (TPSA) is 66.6 Å². The number of nitrogens with two attached hydrogens (primary N) is 1. The lowest BCUT2D eigenvalue weighted by atomic mass is 9.98. The summed E-state index contributed by atoms with van der Waals surface area (Å²) in [5.41, 5.74) is -0.905. The standard InChI is InChI=1S/C15H22F3N3O2S/c1-20-7-3-4-11(9-20)10-21(2)12-5-6-14(24(19,22)23)13(8-12)15(16,17)18/h5-6,8,11H,3-4,7,9-10H2,1-2H3,(H2,19,22,23). The maximum atomic E-state index is 13.2. The Kier molecular flexibility index (Phi) is 5.46. The van der Waals surface area contributed by atoms with Crippen LogP contribution in [-0.4, -0.2) is 47.0 Å². The first kappa shape index (κ1) is 19.0. The molecular weight excluding hydrogens is 343 g/mol. The van der Waals surface area contributed by atoms with Crippen molar-refractivity contribution < 1.29 is 21.6 Å². The van der Waals surface area contributed by atoms with Crippen LogP contribution in [0.25, 0.3) is 0 Å². The first-order valence-electron chi connectivity index (χ1n) is 7.62. The van der Waals surface area contributed by atoms with Crippen molar-refractivity contribution >= 4 is 15.7 Å². The van der Waals surface area contributed by atoms with E-state index in [1.165, 1.54) is 6.07 Å². The summed E-state index contributed by atoms with van der Waals surface area (Å²) in [5.74, 6) is 0.362. The van der Waals surface area contributed by atoms with Crippen molar-refractivity contribution in [2.45, 2.75) is 23.9 Å². The van der Waals surface area contributed by atoms with Crippen molar-refractivity contribution in [3.05, 3.63) is 23.8 Å². The van der Waals surface area contributed by atoms with E-state index in [1.807, 2.05) is 7.05 Å². The second kappa shape index (κ2) is 6.89. The van der Waals surface area contributed by atoms with Crippen LogP contribution in [0.15, 0.2) is 23.1 Å². The summed E-state index contributed by atoms with van der Waals surface area (Å²) in [6.07, 6.45) is -2.70. The predicted molar refractivity (Wildman–Crippen MR) is 86.3 cm³/mol. The van der Waals surface area contributed by atoms with Crippen molar-refractivity contribution in [2.75, 3.05) is 38.6 Å². The number of rotatable bonds is 4. The molecule has 0 amide bonds. The number of nitrogens with zero attached hydrogens (tertiary/aromatic N) is 2. The molecule has 0 radical (unpaired) electrons. The van der Waals surface area contributed by atoms with Crippen LogP contribution in [0.1, 0.15) is 18.4 Å². The largest absolute Gasteiger partial charge is 0.417 e. The highest BCUT2D eigenvalue weighted by Crippen LogP contribution is 2.36. The lowest BCUT2D eigenvalue weighted by Crippen LogP contribution is -2.38. The van der Waals surface area contributed by atoms with Gasteiger partial charge in [0.25, 0.3) is 0 Å². The van der Waals surface area contributed by atoms with E-state index in [1.54, 1.807) is 11.9 Å². The molecule has 0 spiro atoms. The molecule has 1 aliphatic heterocycles. The van der Waals surface area contributed by atoms with Crippen LogP contribution in [-0.2, 0) is 16.2 Å². The smallest absolute Gasteiger partial charge is 0.374 e. The van der Waals surface area contributed by atoms with E-state index in [0.717, 1.165) is 38.1 Å². The van der Waals surface area contributed by atoms with Gasteiger partial charge in [0.1, 0.15) is 0 Å². The average Bonchev–Trinajstić information content (AvgIpc) is 2.44. The van der Waals surface area contributed by atoms with Gasteiger partial charge in [0.2, 0.25) is 10.0 Å². The van der Waals surface area contributed by atoms with Gasteiger partial charge in [-0.15, -0.1) is 0 Å². The van der Waals surface area contributed by atoms with Crippen molar-refractivity contribution in [3.63, 3.8) is 0 Å². The fourth-order valence-electron chi connectivity index (χ4n) is 3.14. The van der Waals surface area contributed by atoms with E-state index < -0.39 is 26.7 Å². The molecule has 1 saturated heterocycles. The molecular formula is C15H22F3N3O2S. The van der Waals surface area contributed by atoms with E-state index in [0.29, 0.717) is 18.2 Å². The third-order valence-electron chi connectivity index (χ3n) is 4.27. The number of hydrogen-bond acceptors (Lipinski definition) is 4. The molecule has 5 nitrogen and oxygen atoms in total. The zero-order chi connectivity index (χ0) is 18.1. The quantitative estimate of drug-likeness (QED) is 0.888. The Labute approximate surface area is 140 Å². The summed E-state index contributed by atoms with van der Waals surface area (Å²) < 4.78 is 62.3. The molecule has 0 saturated carbocycles. The highest BCUT2D eigenvalue weighted by Gasteiger charge is 2.37. The van der Waals surface area contributed by atoms with Crippen LogP contribution >= 0.6 is 0 Å². The summed E-state index contributed by atoms with van der Waals surface area (Å²) in [6, 6.07) is 3.14. The van der Waals surface area contributed by atoms with Crippen LogP contribution < -0.4 is 10.0 Å². The number of piperidine rings is 1. The van der Waals surface area contributed by atoms with E-state index >= 15 is 0 Å². The third kappa shape index (κ3) is 4.61. The van der Waals surface area contributed by atoms with Gasteiger partial charge in [-0.25, -0.2) is 13.6 Å². The number of primary sulfonamides is 1. The lowest BCUT2D eigenvalue weighted by molar-refractivity contribution is -0.139. The van der Waals surface area contributed by atoms with Crippen molar-refractivity contribution in [2.24, 2.45) is 11.1 Å². The number of sulfonamides is 1. The Balaban J connectivity index is 2.27. The SMILES string of the molecule is CN1CCCC(CN(C)c2ccc(S(N)(=O)=O)c(C(F)(F)F)c2)C1. The molecule has 136 valence electrons. The summed E-state index contributed by atoms with van der Waals surface area (Å²) in [5, 5.41) is 4.90. The van der Waals surface area contributed by atoms with Crippen LogP contribution in [0.5, 0.6) is 0 Å². The molecule has 1 aromatic carbocycles. The molecule has 1 aliphatic rings. The Morgan fingerprint density at radius 2 is 2.04 bits per heavy atom. The highest BCUT2D eigenvalue weighted by atomic mass is 32.2. The van der Waals surface area contributed by atoms with Crippen molar-refractivity contribution in [1.29, 1.82) is 0 Å². The van der Waals surface area contributed by atoms with Crippen LogP contribution in [0.3, 0.4) is 0 Å². The van der Waals surface area contributed by atoms with Gasteiger partial charge in [0.15, 0.2) is 0 Å². The molecule has 0 bridgehead atoms. The third-order valence-corrected chi connectivity index (χ3v) is 5.24. The van der Waals surface area contributed by atoms with Gasteiger partial charge in [-0.3, -0.25) is 0 Å². The van der Waals surface area contributed by atoms with Gasteiger partial charge in [-0.2, -0.15) is 13.2 Å². The Bertz CT molecular complexity index is 692. The molecule has 0 aromatic heterocycles. The molecule has 1 fully saturated rings. The van der Waals surface area contributed by atoms with Crippen molar-refractivity contribution in [3.8, 4) is 0 Å². The Hall–Kier alpha value is -1.32. The maximum absolute atomic E-state index is 13.2. The summed E-state index contributed by atoms with van der Waals surface area (Å²) >= 11 is 0. The monoisotopic (exact) mass is 365 g/mol. The van der Waals surface area contributed by atoms with Crippen molar-refractivity contribution in [1.82, 2.24) is 4.90 Å². The fourth-order valence-corrected chi connectivity index (χ4v) is 3.88. The summed E-state index contributed by atoms with van der Waals surface area (Å²) in [6.45, 7) is 2.53. The summed E-state index contributed by atoms with van der Waals surface area (Å²) in [4.78, 5) is 3.03. The maximum Gasteiger partial charge on any atom is 0.417 e. The second-order valence-electron chi connectivity index (χ2n) is 6.37. The van der Waals surface area contributed by atoms with Crippen LogP contribution in [0.4, 0.5) is 18.9 Å². The van der Waals surface area contributed by atoms with Gasteiger partial charge in [-0.05, 0) is 50.6 Å². The minimum Gasteiger partial charge on any atom is -0.374 e. The van der Waals surface area contributed by atoms with E-state index in [4.69, 9.17) is 5.14 Å². The molecule has 1 atom stereocenters. The normalized spacial score (nSPS) is 20.2. The van der Waals surface area contributed by atoms with Gasteiger partial charge < -0.3 is 9.80 Å². The molecule has 2 rings (SSSR count). The molecule has 2 N–H and O–H groups in total. The summed E-state index contributed by atoms with van der Waals surface area (Å²) in [7, 11) is -0.707. The number of likely N-dealkylation sites (tertiary alicyclic amines) is 1. The minimum absolute atomic E-state index is 0.322. The lowest BCUT2D eigenvalue weighted by Gasteiger charge is -2.33. The van der Waals surface area contributed by atoms with E-state index in [-0.39, 0.29) is 0 Å². The van der Waals surface area contributed by atoms with Gasteiger partial charge in [0.05, 0.1) is 10.5 Å². The van der Waals surface area contributed by atoms with E-state index in [9.17, 15) is 21.6 Å². The predicted octanol–water partition coefficient (Wildman–Crippen LogP) is 2.13. The average molecular weight is 365 g/mol. The zero-order valence-corrected chi connectivity index (χ0v) is 14.5. The number of alkyl halides is 3. The number of hydrogen-bond donors (Lipinski definition) is 1. The first-order chi connectivity index (χ1) is 11.0. The highest BCUT2D eigenvalue weighted by molar-refractivity contribution is 7.89. The second-order valence-corrected chi connectivity index (χ2v) is 7.90. The molecule has 9 heteroatoms. The van der Waals surface area contributed by atoms with Gasteiger partial charge in [0, 0.05) is 25.8 Å². The fraction of sp³-hybridized carbons (Fsp3) is 0.600. The molecule has 1 heterocycles. The Morgan fingerprint density at radius 1 is 1.38 bits per heavy atom. The zero-order valence-electron chi connectivity index (χ0n) is 13.7. The van der Waals surface area contributed by atoms with E-state index in [2.05, 4.69) is 4.90 Å². The molecule has 24 heavy (non-hydrogen) atoms. The van der Waals surface area contributed by atoms with Gasteiger partial charge in [-0.1, -0.05) is 0 Å². The first-order valence-corrected chi connectivity index (χ1v) is 9.17. The minimum atomic E-state index is -4.79.